The number of carbonyl (C=O) groups excluding carboxylic acids is 1. The summed E-state index contributed by atoms with van der Waals surface area (Å²) in [5.41, 5.74) is 3.20. The maximum absolute atomic E-state index is 12.6. The first kappa shape index (κ1) is 21.8. The van der Waals surface area contributed by atoms with Crippen molar-refractivity contribution in [1.82, 2.24) is 0 Å². The van der Waals surface area contributed by atoms with Crippen molar-refractivity contribution >= 4 is 11.9 Å². The Morgan fingerprint density at radius 3 is 2.29 bits per heavy atom. The van der Waals surface area contributed by atoms with Crippen LogP contribution in [0, 0.1) is 11.3 Å². The summed E-state index contributed by atoms with van der Waals surface area (Å²) in [6, 6.07) is 20.4. The fourth-order valence-electron chi connectivity index (χ4n) is 3.29. The van der Waals surface area contributed by atoms with Crippen molar-refractivity contribution in [2.75, 3.05) is 0 Å². The van der Waals surface area contributed by atoms with E-state index in [-0.39, 0.29) is 11.3 Å². The number of ether oxygens (including phenoxy) is 1. The molecule has 0 aromatic heterocycles. The van der Waals surface area contributed by atoms with E-state index in [0.717, 1.165) is 19.3 Å². The van der Waals surface area contributed by atoms with Crippen LogP contribution in [0.2, 0.25) is 0 Å². The van der Waals surface area contributed by atoms with Gasteiger partial charge in [-0.2, -0.15) is 5.26 Å². The molecule has 0 aliphatic rings. The lowest BCUT2D eigenvalue weighted by Gasteiger charge is -2.10. The number of aromatic carboxylic acids is 1. The maximum atomic E-state index is 12.6. The number of hydrogen-bond donors (Lipinski definition) is 1. The van der Waals surface area contributed by atoms with Gasteiger partial charge in [-0.3, -0.25) is 0 Å². The minimum Gasteiger partial charge on any atom is -0.478 e. The Balaban J connectivity index is 1.80. The SMILES string of the molecule is CCCCCc1ccc(C(=O)Oc2ccc(C(=O)O)c(-c3ccc(C#N)cc3)c2)cc1. The summed E-state index contributed by atoms with van der Waals surface area (Å²) in [6.45, 7) is 2.16. The molecule has 0 radical (unpaired) electrons. The zero-order chi connectivity index (χ0) is 22.2. The Kier molecular flexibility index (Phi) is 7.18. The minimum atomic E-state index is -1.09. The lowest BCUT2D eigenvalue weighted by Crippen LogP contribution is -2.09. The first-order chi connectivity index (χ1) is 15.0. The minimum absolute atomic E-state index is 0.0842. The number of hydrogen-bond acceptors (Lipinski definition) is 4. The van der Waals surface area contributed by atoms with Gasteiger partial charge < -0.3 is 9.84 Å². The largest absolute Gasteiger partial charge is 0.478 e. The van der Waals surface area contributed by atoms with E-state index in [1.54, 1.807) is 36.4 Å². The molecule has 0 fully saturated rings. The molecule has 0 aliphatic carbocycles. The van der Waals surface area contributed by atoms with Crippen LogP contribution >= 0.6 is 0 Å². The molecule has 0 atom stereocenters. The monoisotopic (exact) mass is 413 g/mol. The molecular weight excluding hydrogens is 390 g/mol. The molecule has 1 N–H and O–H groups in total. The summed E-state index contributed by atoms with van der Waals surface area (Å²) in [4.78, 5) is 24.2. The van der Waals surface area contributed by atoms with Gasteiger partial charge in [0.15, 0.2) is 0 Å². The number of nitrogens with zero attached hydrogens (tertiary/aromatic N) is 1. The van der Waals surface area contributed by atoms with Crippen LogP contribution in [0.5, 0.6) is 5.75 Å². The van der Waals surface area contributed by atoms with E-state index in [0.29, 0.717) is 22.3 Å². The molecule has 3 rings (SSSR count). The third-order valence-electron chi connectivity index (χ3n) is 5.02. The molecule has 3 aromatic rings. The van der Waals surface area contributed by atoms with Crippen LogP contribution in [0.3, 0.4) is 0 Å². The Morgan fingerprint density at radius 1 is 0.968 bits per heavy atom. The predicted molar refractivity (Wildman–Crippen MR) is 118 cm³/mol. The molecule has 5 heteroatoms. The second kappa shape index (κ2) is 10.2. The van der Waals surface area contributed by atoms with Crippen LogP contribution in [0.15, 0.2) is 66.7 Å². The van der Waals surface area contributed by atoms with E-state index in [1.807, 2.05) is 18.2 Å². The smallest absolute Gasteiger partial charge is 0.343 e. The number of aryl methyl sites for hydroxylation is 1. The van der Waals surface area contributed by atoms with Crippen LogP contribution in [0.1, 0.15) is 58.0 Å². The number of esters is 1. The summed E-state index contributed by atoms with van der Waals surface area (Å²) in [6.07, 6.45) is 4.44. The predicted octanol–water partition coefficient (Wildman–Crippen LogP) is 5.88. The number of carboxylic acids is 1. The molecule has 0 saturated heterocycles. The second-order valence-electron chi connectivity index (χ2n) is 7.25. The number of benzene rings is 3. The van der Waals surface area contributed by atoms with Gasteiger partial charge in [0.05, 0.1) is 22.8 Å². The normalized spacial score (nSPS) is 10.3. The molecule has 5 nitrogen and oxygen atoms in total. The molecule has 0 saturated carbocycles. The number of unbranched alkanes of at least 4 members (excludes halogenated alkanes) is 2. The van der Waals surface area contributed by atoms with Crippen LogP contribution in [-0.4, -0.2) is 17.0 Å². The van der Waals surface area contributed by atoms with Crippen molar-refractivity contribution in [3.05, 3.63) is 89.0 Å². The molecular formula is C26H23NO4. The van der Waals surface area contributed by atoms with Gasteiger partial charge in [-0.15, -0.1) is 0 Å². The van der Waals surface area contributed by atoms with Crippen molar-refractivity contribution in [3.8, 4) is 22.9 Å². The zero-order valence-corrected chi connectivity index (χ0v) is 17.3. The average Bonchev–Trinajstić information content (AvgIpc) is 2.79. The van der Waals surface area contributed by atoms with Crippen molar-refractivity contribution in [1.29, 1.82) is 5.26 Å². The first-order valence-electron chi connectivity index (χ1n) is 10.2. The number of carboxylic acid groups (broad SMARTS) is 1. The van der Waals surface area contributed by atoms with E-state index < -0.39 is 11.9 Å². The highest BCUT2D eigenvalue weighted by Crippen LogP contribution is 2.29. The molecule has 0 unspecified atom stereocenters. The summed E-state index contributed by atoms with van der Waals surface area (Å²) in [7, 11) is 0. The van der Waals surface area contributed by atoms with Gasteiger partial charge in [0.25, 0.3) is 0 Å². The Morgan fingerprint density at radius 2 is 1.68 bits per heavy atom. The Labute approximate surface area is 181 Å². The average molecular weight is 413 g/mol. The highest BCUT2D eigenvalue weighted by atomic mass is 16.5. The molecule has 156 valence electrons. The van der Waals surface area contributed by atoms with Gasteiger partial charge >= 0.3 is 11.9 Å². The highest BCUT2D eigenvalue weighted by molar-refractivity contribution is 5.97. The van der Waals surface area contributed by atoms with Gasteiger partial charge in [-0.1, -0.05) is 44.0 Å². The second-order valence-corrected chi connectivity index (χ2v) is 7.25. The molecule has 0 heterocycles. The summed E-state index contributed by atoms with van der Waals surface area (Å²) in [5.74, 6) is -1.34. The fraction of sp³-hybridized carbons (Fsp3) is 0.192. The summed E-state index contributed by atoms with van der Waals surface area (Å²) < 4.78 is 5.50. The fourth-order valence-corrected chi connectivity index (χ4v) is 3.29. The molecule has 0 spiro atoms. The third kappa shape index (κ3) is 5.58. The van der Waals surface area contributed by atoms with Gasteiger partial charge in [0.2, 0.25) is 0 Å². The number of rotatable bonds is 8. The van der Waals surface area contributed by atoms with Crippen LogP contribution in [0.25, 0.3) is 11.1 Å². The third-order valence-corrected chi connectivity index (χ3v) is 5.02. The van der Waals surface area contributed by atoms with E-state index >= 15 is 0 Å². The molecule has 3 aromatic carbocycles. The molecule has 31 heavy (non-hydrogen) atoms. The van der Waals surface area contributed by atoms with E-state index in [1.165, 1.54) is 30.2 Å². The topological polar surface area (TPSA) is 87.4 Å². The van der Waals surface area contributed by atoms with E-state index in [9.17, 15) is 14.7 Å². The standard InChI is InChI=1S/C26H23NO4/c1-2-3-4-5-18-6-12-21(13-7-18)26(30)31-22-14-15-23(25(28)29)24(16-22)20-10-8-19(17-27)9-11-20/h6-16H,2-5H2,1H3,(H,28,29). The van der Waals surface area contributed by atoms with Gasteiger partial charge in [-0.25, -0.2) is 9.59 Å². The lowest BCUT2D eigenvalue weighted by molar-refractivity contribution is 0.0697. The molecule has 0 bridgehead atoms. The van der Waals surface area contributed by atoms with Crippen molar-refractivity contribution in [3.63, 3.8) is 0 Å². The van der Waals surface area contributed by atoms with Crippen molar-refractivity contribution < 1.29 is 19.4 Å². The highest BCUT2D eigenvalue weighted by Gasteiger charge is 2.15. The zero-order valence-electron chi connectivity index (χ0n) is 17.3. The van der Waals surface area contributed by atoms with Crippen LogP contribution in [-0.2, 0) is 6.42 Å². The maximum Gasteiger partial charge on any atom is 0.343 e. The first-order valence-corrected chi connectivity index (χ1v) is 10.2. The van der Waals surface area contributed by atoms with Crippen molar-refractivity contribution in [2.45, 2.75) is 32.6 Å². The quantitative estimate of drug-likeness (QED) is 0.283. The Bertz CT molecular complexity index is 1110. The number of carbonyl (C=O) groups is 2. The lowest BCUT2D eigenvalue weighted by atomic mass is 9.98. The molecule has 0 aliphatic heterocycles. The number of nitriles is 1. The molecule has 0 amide bonds. The summed E-state index contributed by atoms with van der Waals surface area (Å²) in [5, 5.41) is 18.5. The van der Waals surface area contributed by atoms with Gasteiger partial charge in [0, 0.05) is 0 Å². The van der Waals surface area contributed by atoms with Crippen LogP contribution < -0.4 is 4.74 Å². The van der Waals surface area contributed by atoms with E-state index in [2.05, 4.69) is 6.92 Å². The Hall–Kier alpha value is -3.91. The van der Waals surface area contributed by atoms with Gasteiger partial charge in [0.1, 0.15) is 5.75 Å². The van der Waals surface area contributed by atoms with Gasteiger partial charge in [-0.05, 0) is 72.0 Å². The van der Waals surface area contributed by atoms with E-state index in [4.69, 9.17) is 10.00 Å². The van der Waals surface area contributed by atoms with Crippen molar-refractivity contribution in [2.24, 2.45) is 0 Å². The van der Waals surface area contributed by atoms with Crippen LogP contribution in [0.4, 0.5) is 0 Å². The summed E-state index contributed by atoms with van der Waals surface area (Å²) >= 11 is 0.